The van der Waals surface area contributed by atoms with E-state index in [1.54, 1.807) is 0 Å². The van der Waals surface area contributed by atoms with Gasteiger partial charge >= 0.3 is 0 Å². The maximum Gasteiger partial charge on any atom is 0.246 e. The van der Waals surface area contributed by atoms with Crippen LogP contribution >= 0.6 is 0 Å². The molecule has 1 saturated heterocycles. The number of amides is 2. The molecule has 0 aromatic rings. The SMILES string of the molecule is CC(C)C1NC(=O)C(C2CC2)N(CCS(C)(=O)=O)C1=O. The molecule has 20 heavy (non-hydrogen) atoms. The normalized spacial score (nSPS) is 27.9. The molecule has 7 heteroatoms. The Hall–Kier alpha value is -1.11. The summed E-state index contributed by atoms with van der Waals surface area (Å²) in [4.78, 5) is 26.2. The summed E-state index contributed by atoms with van der Waals surface area (Å²) in [6, 6.07) is -1.03. The maximum absolute atomic E-state index is 12.5. The van der Waals surface area contributed by atoms with Crippen molar-refractivity contribution >= 4 is 21.7 Å². The smallest absolute Gasteiger partial charge is 0.246 e. The summed E-state index contributed by atoms with van der Waals surface area (Å²) in [5.41, 5.74) is 0. The van der Waals surface area contributed by atoms with Crippen molar-refractivity contribution in [2.45, 2.75) is 38.8 Å². The zero-order valence-electron chi connectivity index (χ0n) is 12.1. The minimum absolute atomic E-state index is 0.00710. The number of piperazine rings is 1. The van der Waals surface area contributed by atoms with Crippen molar-refractivity contribution in [3.8, 4) is 0 Å². The number of hydrogen-bond donors (Lipinski definition) is 1. The van der Waals surface area contributed by atoms with Crippen molar-refractivity contribution in [3.63, 3.8) is 0 Å². The molecule has 1 saturated carbocycles. The number of nitrogens with zero attached hydrogens (tertiary/aromatic N) is 1. The van der Waals surface area contributed by atoms with Gasteiger partial charge < -0.3 is 10.2 Å². The fourth-order valence-electron chi connectivity index (χ4n) is 2.60. The summed E-state index contributed by atoms with van der Waals surface area (Å²) in [6.07, 6.45) is 2.99. The van der Waals surface area contributed by atoms with Crippen LogP contribution < -0.4 is 5.32 Å². The average Bonchev–Trinajstić information content (AvgIpc) is 3.11. The van der Waals surface area contributed by atoms with E-state index in [1.165, 1.54) is 4.90 Å². The van der Waals surface area contributed by atoms with Crippen molar-refractivity contribution in [3.05, 3.63) is 0 Å². The molecule has 2 unspecified atom stereocenters. The molecule has 2 atom stereocenters. The number of nitrogens with one attached hydrogen (secondary N) is 1. The fourth-order valence-corrected chi connectivity index (χ4v) is 3.13. The third kappa shape index (κ3) is 3.31. The second-order valence-electron chi connectivity index (χ2n) is 6.17. The molecule has 0 radical (unpaired) electrons. The Morgan fingerprint density at radius 3 is 2.35 bits per heavy atom. The third-order valence-electron chi connectivity index (χ3n) is 3.89. The van der Waals surface area contributed by atoms with Crippen LogP contribution in [0.4, 0.5) is 0 Å². The first-order valence-electron chi connectivity index (χ1n) is 6.99. The van der Waals surface area contributed by atoms with E-state index in [4.69, 9.17) is 0 Å². The van der Waals surface area contributed by atoms with E-state index < -0.39 is 21.9 Å². The molecule has 0 bridgehead atoms. The van der Waals surface area contributed by atoms with Gasteiger partial charge in [0.05, 0.1) is 5.75 Å². The van der Waals surface area contributed by atoms with Crippen molar-refractivity contribution in [2.24, 2.45) is 11.8 Å². The Bertz CT molecular complexity index is 510. The van der Waals surface area contributed by atoms with Crippen molar-refractivity contribution in [1.82, 2.24) is 10.2 Å². The molecule has 1 heterocycles. The minimum atomic E-state index is -3.16. The Balaban J connectivity index is 2.19. The minimum Gasteiger partial charge on any atom is -0.342 e. The molecule has 114 valence electrons. The van der Waals surface area contributed by atoms with Crippen LogP contribution in [-0.4, -0.2) is 55.8 Å². The summed E-state index contributed by atoms with van der Waals surface area (Å²) in [5.74, 6) is -0.210. The Kier molecular flexibility index (Phi) is 4.09. The number of rotatable bonds is 5. The van der Waals surface area contributed by atoms with Gasteiger partial charge in [0.2, 0.25) is 11.8 Å². The van der Waals surface area contributed by atoms with Crippen LogP contribution in [0.3, 0.4) is 0 Å². The van der Waals surface area contributed by atoms with Crippen molar-refractivity contribution < 1.29 is 18.0 Å². The highest BCUT2D eigenvalue weighted by molar-refractivity contribution is 7.90. The Labute approximate surface area is 119 Å². The molecule has 1 aliphatic carbocycles. The molecule has 2 fully saturated rings. The first-order valence-corrected chi connectivity index (χ1v) is 9.05. The molecule has 0 aromatic heterocycles. The number of carbonyl (C=O) groups excluding carboxylic acids is 2. The van der Waals surface area contributed by atoms with Crippen LogP contribution in [0.25, 0.3) is 0 Å². The molecular formula is C13H22N2O4S. The van der Waals surface area contributed by atoms with Gasteiger partial charge in [-0.15, -0.1) is 0 Å². The van der Waals surface area contributed by atoms with Crippen LogP contribution in [-0.2, 0) is 19.4 Å². The largest absolute Gasteiger partial charge is 0.342 e. The van der Waals surface area contributed by atoms with E-state index in [0.29, 0.717) is 0 Å². The van der Waals surface area contributed by atoms with E-state index in [9.17, 15) is 18.0 Å². The van der Waals surface area contributed by atoms with Gasteiger partial charge in [-0.1, -0.05) is 13.8 Å². The quantitative estimate of drug-likeness (QED) is 0.762. The summed E-state index contributed by atoms with van der Waals surface area (Å²) in [7, 11) is -3.16. The number of hydrogen-bond acceptors (Lipinski definition) is 4. The van der Waals surface area contributed by atoms with Gasteiger partial charge in [0.25, 0.3) is 0 Å². The lowest BCUT2D eigenvalue weighted by molar-refractivity contribution is -0.151. The van der Waals surface area contributed by atoms with Gasteiger partial charge in [-0.25, -0.2) is 8.42 Å². The van der Waals surface area contributed by atoms with Crippen molar-refractivity contribution in [1.29, 1.82) is 0 Å². The highest BCUT2D eigenvalue weighted by atomic mass is 32.2. The average molecular weight is 302 g/mol. The van der Waals surface area contributed by atoms with Gasteiger partial charge in [0, 0.05) is 12.8 Å². The van der Waals surface area contributed by atoms with Gasteiger partial charge in [0.15, 0.2) is 0 Å². The first kappa shape index (κ1) is 15.3. The molecule has 2 aliphatic rings. The van der Waals surface area contributed by atoms with Crippen LogP contribution in [0.2, 0.25) is 0 Å². The van der Waals surface area contributed by atoms with Crippen LogP contribution in [0, 0.1) is 11.8 Å². The maximum atomic E-state index is 12.5. The lowest BCUT2D eigenvalue weighted by atomic mass is 9.96. The van der Waals surface area contributed by atoms with E-state index in [1.807, 2.05) is 13.8 Å². The molecule has 2 amide bonds. The predicted octanol–water partition coefficient (Wildman–Crippen LogP) is -0.207. The van der Waals surface area contributed by atoms with Gasteiger partial charge in [-0.3, -0.25) is 9.59 Å². The second-order valence-corrected chi connectivity index (χ2v) is 8.43. The molecule has 0 aromatic carbocycles. The summed E-state index contributed by atoms with van der Waals surface area (Å²) < 4.78 is 22.7. The van der Waals surface area contributed by atoms with Gasteiger partial charge in [-0.05, 0) is 24.7 Å². The predicted molar refractivity (Wildman–Crippen MR) is 74.7 cm³/mol. The number of sulfone groups is 1. The highest BCUT2D eigenvalue weighted by Crippen LogP contribution is 2.37. The van der Waals surface area contributed by atoms with E-state index >= 15 is 0 Å². The molecule has 2 rings (SSSR count). The third-order valence-corrected chi connectivity index (χ3v) is 4.81. The van der Waals surface area contributed by atoms with Crippen LogP contribution in [0.5, 0.6) is 0 Å². The summed E-state index contributed by atoms with van der Waals surface area (Å²) in [5, 5.41) is 2.78. The van der Waals surface area contributed by atoms with E-state index in [0.717, 1.165) is 19.1 Å². The zero-order valence-corrected chi connectivity index (χ0v) is 12.9. The molecule has 6 nitrogen and oxygen atoms in total. The molecule has 1 aliphatic heterocycles. The van der Waals surface area contributed by atoms with Crippen LogP contribution in [0.15, 0.2) is 0 Å². The second kappa shape index (κ2) is 5.35. The summed E-state index contributed by atoms with van der Waals surface area (Å²) >= 11 is 0. The molecule has 0 spiro atoms. The lowest BCUT2D eigenvalue weighted by Crippen LogP contribution is -2.65. The lowest BCUT2D eigenvalue weighted by Gasteiger charge is -2.40. The first-order chi connectivity index (χ1) is 9.20. The fraction of sp³-hybridized carbons (Fsp3) is 0.846. The summed E-state index contributed by atoms with van der Waals surface area (Å²) in [6.45, 7) is 3.85. The number of carbonyl (C=O) groups is 2. The van der Waals surface area contributed by atoms with E-state index in [2.05, 4.69) is 5.32 Å². The van der Waals surface area contributed by atoms with E-state index in [-0.39, 0.29) is 35.9 Å². The van der Waals surface area contributed by atoms with Gasteiger partial charge in [0.1, 0.15) is 21.9 Å². The molecule has 1 N–H and O–H groups in total. The van der Waals surface area contributed by atoms with Crippen molar-refractivity contribution in [2.75, 3.05) is 18.6 Å². The Morgan fingerprint density at radius 2 is 1.90 bits per heavy atom. The topological polar surface area (TPSA) is 83.6 Å². The standard InChI is InChI=1S/C13H22N2O4S/c1-8(2)10-13(17)15(6-7-20(3,18)19)11(9-4-5-9)12(16)14-10/h8-11H,4-7H2,1-3H3,(H,14,16). The zero-order chi connectivity index (χ0) is 15.1. The highest BCUT2D eigenvalue weighted by Gasteiger charge is 2.48. The Morgan fingerprint density at radius 1 is 1.30 bits per heavy atom. The van der Waals surface area contributed by atoms with Crippen LogP contribution in [0.1, 0.15) is 26.7 Å². The van der Waals surface area contributed by atoms with Gasteiger partial charge in [-0.2, -0.15) is 0 Å². The monoisotopic (exact) mass is 302 g/mol. The molecular weight excluding hydrogens is 280 g/mol.